The minimum absolute atomic E-state index is 0.0227. The number of carbonyl (C=O) groups excluding carboxylic acids is 2. The van der Waals surface area contributed by atoms with E-state index in [1.165, 1.54) is 6.42 Å². The molecule has 0 aromatic heterocycles. The summed E-state index contributed by atoms with van der Waals surface area (Å²) in [5.74, 6) is -0.368. The van der Waals surface area contributed by atoms with Crippen molar-refractivity contribution in [1.82, 2.24) is 0 Å². The maximum atomic E-state index is 13.2. The topological polar surface area (TPSA) is 72.8 Å². The van der Waals surface area contributed by atoms with Gasteiger partial charge in [0.05, 0.1) is 24.0 Å². The van der Waals surface area contributed by atoms with Gasteiger partial charge in [0.1, 0.15) is 6.61 Å². The third kappa shape index (κ3) is 11.1. The zero-order valence-electron chi connectivity index (χ0n) is 24.4. The van der Waals surface area contributed by atoms with E-state index in [-0.39, 0.29) is 41.4 Å². The summed E-state index contributed by atoms with van der Waals surface area (Å²) in [6.07, 6.45) is 7.46. The van der Waals surface area contributed by atoms with Crippen molar-refractivity contribution in [3.05, 3.63) is 0 Å². The van der Waals surface area contributed by atoms with Crippen molar-refractivity contribution < 1.29 is 24.2 Å². The number of ether oxygens (including phenoxy) is 2. The molecule has 5 heteroatoms. The van der Waals surface area contributed by atoms with Gasteiger partial charge in [-0.2, -0.15) is 0 Å². The van der Waals surface area contributed by atoms with Crippen molar-refractivity contribution in [2.24, 2.45) is 27.1 Å². The smallest absolute Gasteiger partial charge is 0.312 e. The Bertz CT molecular complexity index is 627. The first-order valence-corrected chi connectivity index (χ1v) is 13.3. The highest BCUT2D eigenvalue weighted by Crippen LogP contribution is 2.52. The van der Waals surface area contributed by atoms with Crippen LogP contribution in [0, 0.1) is 27.1 Å². The molecule has 1 N–H and O–H groups in total. The van der Waals surface area contributed by atoms with Crippen LogP contribution in [0.15, 0.2) is 0 Å². The first-order chi connectivity index (χ1) is 15.3. The van der Waals surface area contributed by atoms with Crippen LogP contribution in [0.4, 0.5) is 0 Å². The SMILES string of the molecule is CCCCCCOC(=O)C(C)(C)CC(C)(C)CCC(C)(C)C(C)(CC(C)(C)C)C(=O)OCCO. The minimum atomic E-state index is -0.691. The van der Waals surface area contributed by atoms with Gasteiger partial charge in [-0.25, -0.2) is 0 Å². The fraction of sp³-hybridized carbons (Fsp3) is 0.931. The van der Waals surface area contributed by atoms with Crippen LogP contribution in [-0.4, -0.2) is 36.9 Å². The molecule has 0 aromatic carbocycles. The van der Waals surface area contributed by atoms with Crippen LogP contribution < -0.4 is 0 Å². The molecule has 0 aromatic rings. The van der Waals surface area contributed by atoms with E-state index in [4.69, 9.17) is 14.6 Å². The molecular weight excluding hydrogens is 428 g/mol. The monoisotopic (exact) mass is 484 g/mol. The predicted molar refractivity (Wildman–Crippen MR) is 141 cm³/mol. The van der Waals surface area contributed by atoms with Gasteiger partial charge in [-0.05, 0) is 69.1 Å². The fourth-order valence-corrected chi connectivity index (χ4v) is 5.12. The number of aliphatic hydroxyl groups is 1. The summed E-state index contributed by atoms with van der Waals surface area (Å²) in [5, 5.41) is 9.16. The van der Waals surface area contributed by atoms with E-state index in [0.29, 0.717) is 13.0 Å². The summed E-state index contributed by atoms with van der Waals surface area (Å²) in [6, 6.07) is 0. The Morgan fingerprint density at radius 1 is 0.706 bits per heavy atom. The molecule has 1 unspecified atom stereocenters. The number of hydrogen-bond donors (Lipinski definition) is 1. The number of esters is 2. The van der Waals surface area contributed by atoms with Crippen LogP contribution in [-0.2, 0) is 19.1 Å². The summed E-state index contributed by atoms with van der Waals surface area (Å²) < 4.78 is 11.0. The van der Waals surface area contributed by atoms with Gasteiger partial charge in [0.2, 0.25) is 0 Å². The van der Waals surface area contributed by atoms with Crippen LogP contribution in [0.2, 0.25) is 0 Å². The molecule has 0 saturated heterocycles. The van der Waals surface area contributed by atoms with Crippen molar-refractivity contribution in [3.63, 3.8) is 0 Å². The summed E-state index contributed by atoms with van der Waals surface area (Å²) in [7, 11) is 0. The Labute approximate surface area is 210 Å². The van der Waals surface area contributed by atoms with E-state index in [1.807, 2.05) is 20.8 Å². The molecule has 0 aliphatic heterocycles. The Balaban J connectivity index is 5.31. The van der Waals surface area contributed by atoms with Gasteiger partial charge in [0.25, 0.3) is 0 Å². The standard InChI is InChI=1S/C29H56O5/c1-12-13-14-15-19-33-23(31)27(7,8)22-26(5,6)16-17-28(9,10)29(11,21-25(2,3)4)24(32)34-20-18-30/h30H,12-22H2,1-11H3. The van der Waals surface area contributed by atoms with E-state index in [1.54, 1.807) is 0 Å². The van der Waals surface area contributed by atoms with Crippen molar-refractivity contribution in [1.29, 1.82) is 0 Å². The van der Waals surface area contributed by atoms with Gasteiger partial charge < -0.3 is 14.6 Å². The van der Waals surface area contributed by atoms with Gasteiger partial charge >= 0.3 is 11.9 Å². The molecule has 0 amide bonds. The van der Waals surface area contributed by atoms with Crippen LogP contribution in [0.5, 0.6) is 0 Å². The second-order valence-corrected chi connectivity index (χ2v) is 13.7. The van der Waals surface area contributed by atoms with Crippen LogP contribution in [0.25, 0.3) is 0 Å². The Morgan fingerprint density at radius 3 is 1.76 bits per heavy atom. The molecule has 0 saturated carbocycles. The molecule has 0 heterocycles. The fourth-order valence-electron chi connectivity index (χ4n) is 5.12. The second-order valence-electron chi connectivity index (χ2n) is 13.7. The number of carbonyl (C=O) groups is 2. The molecule has 1 atom stereocenters. The molecule has 0 spiro atoms. The van der Waals surface area contributed by atoms with Crippen molar-refractivity contribution >= 4 is 11.9 Å². The van der Waals surface area contributed by atoms with Gasteiger partial charge in [0, 0.05) is 0 Å². The number of aliphatic hydroxyl groups excluding tert-OH is 1. The van der Waals surface area contributed by atoms with Gasteiger partial charge in [-0.3, -0.25) is 9.59 Å². The third-order valence-corrected chi connectivity index (χ3v) is 7.28. The number of rotatable bonds is 16. The Morgan fingerprint density at radius 2 is 1.26 bits per heavy atom. The lowest BCUT2D eigenvalue weighted by molar-refractivity contribution is -0.167. The van der Waals surface area contributed by atoms with E-state index in [2.05, 4.69) is 55.4 Å². The molecule has 34 heavy (non-hydrogen) atoms. The minimum Gasteiger partial charge on any atom is -0.465 e. The first kappa shape index (κ1) is 32.9. The van der Waals surface area contributed by atoms with E-state index in [9.17, 15) is 9.59 Å². The van der Waals surface area contributed by atoms with E-state index >= 15 is 0 Å². The molecule has 0 bridgehead atoms. The van der Waals surface area contributed by atoms with Gasteiger partial charge in [0.15, 0.2) is 0 Å². The molecule has 5 nitrogen and oxygen atoms in total. The zero-order chi connectivity index (χ0) is 26.8. The average Bonchev–Trinajstić information content (AvgIpc) is 2.68. The predicted octanol–water partition coefficient (Wildman–Crippen LogP) is 7.34. The molecule has 202 valence electrons. The number of hydrogen-bond acceptors (Lipinski definition) is 5. The maximum Gasteiger partial charge on any atom is 0.312 e. The van der Waals surface area contributed by atoms with Gasteiger partial charge in [-0.1, -0.05) is 74.7 Å². The molecule has 0 fully saturated rings. The molecule has 0 aliphatic rings. The zero-order valence-corrected chi connectivity index (χ0v) is 24.4. The van der Waals surface area contributed by atoms with E-state index in [0.717, 1.165) is 38.5 Å². The van der Waals surface area contributed by atoms with Crippen molar-refractivity contribution in [2.75, 3.05) is 19.8 Å². The van der Waals surface area contributed by atoms with E-state index < -0.39 is 10.8 Å². The number of unbranched alkanes of at least 4 members (excludes halogenated alkanes) is 3. The first-order valence-electron chi connectivity index (χ1n) is 13.3. The largest absolute Gasteiger partial charge is 0.465 e. The highest BCUT2D eigenvalue weighted by atomic mass is 16.5. The molecule has 0 radical (unpaired) electrons. The molecular formula is C29H56O5. The lowest BCUT2D eigenvalue weighted by Gasteiger charge is -2.47. The third-order valence-electron chi connectivity index (χ3n) is 7.28. The summed E-state index contributed by atoms with van der Waals surface area (Å²) in [6.45, 7) is 23.6. The van der Waals surface area contributed by atoms with Gasteiger partial charge in [-0.15, -0.1) is 0 Å². The summed E-state index contributed by atoms with van der Waals surface area (Å²) >= 11 is 0. The van der Waals surface area contributed by atoms with Crippen molar-refractivity contribution in [3.8, 4) is 0 Å². The quantitative estimate of drug-likeness (QED) is 0.183. The van der Waals surface area contributed by atoms with Crippen LogP contribution in [0.3, 0.4) is 0 Å². The van der Waals surface area contributed by atoms with Crippen LogP contribution in [0.1, 0.15) is 128 Å². The lowest BCUT2D eigenvalue weighted by atomic mass is 9.57. The summed E-state index contributed by atoms with van der Waals surface area (Å²) in [5.41, 5.74) is -1.73. The average molecular weight is 485 g/mol. The normalized spacial score (nSPS) is 15.1. The molecule has 0 rings (SSSR count). The Kier molecular flexibility index (Phi) is 12.8. The van der Waals surface area contributed by atoms with Crippen molar-refractivity contribution in [2.45, 2.75) is 128 Å². The lowest BCUT2D eigenvalue weighted by Crippen LogP contribution is -2.46. The second kappa shape index (κ2) is 13.3. The Hall–Kier alpha value is -1.10. The highest BCUT2D eigenvalue weighted by Gasteiger charge is 2.50. The maximum absolute atomic E-state index is 13.2. The molecule has 0 aliphatic carbocycles. The van der Waals surface area contributed by atoms with Crippen LogP contribution >= 0.6 is 0 Å². The highest BCUT2D eigenvalue weighted by molar-refractivity contribution is 5.77. The summed E-state index contributed by atoms with van der Waals surface area (Å²) in [4.78, 5) is 25.9.